The van der Waals surface area contributed by atoms with Crippen LogP contribution in [-0.4, -0.2) is 34.2 Å². The van der Waals surface area contributed by atoms with E-state index in [0.717, 1.165) is 11.1 Å². The molecule has 0 unspecified atom stereocenters. The molecule has 6 N–H and O–H groups in total. The van der Waals surface area contributed by atoms with Crippen LogP contribution in [0.2, 0.25) is 0 Å². The van der Waals surface area contributed by atoms with E-state index in [1.807, 2.05) is 60.7 Å². The molecule has 2 aromatic carbocycles. The van der Waals surface area contributed by atoms with Crippen molar-refractivity contribution in [1.82, 2.24) is 0 Å². The van der Waals surface area contributed by atoms with Gasteiger partial charge in [-0.25, -0.2) is 0 Å². The summed E-state index contributed by atoms with van der Waals surface area (Å²) in [5.41, 5.74) is 12.6. The van der Waals surface area contributed by atoms with E-state index >= 15 is 0 Å². The third-order valence-electron chi connectivity index (χ3n) is 3.23. The lowest BCUT2D eigenvalue weighted by Gasteiger charge is -2.04. The molecule has 0 saturated carbocycles. The van der Waals surface area contributed by atoms with Gasteiger partial charge in [0.1, 0.15) is 12.1 Å². The molecular formula is C18H22N2O4. The topological polar surface area (TPSA) is 127 Å². The molecule has 0 aliphatic heterocycles. The van der Waals surface area contributed by atoms with Gasteiger partial charge in [-0.3, -0.25) is 9.59 Å². The third-order valence-corrected chi connectivity index (χ3v) is 3.23. The molecule has 0 aliphatic carbocycles. The van der Waals surface area contributed by atoms with Gasteiger partial charge in [0.05, 0.1) is 0 Å². The van der Waals surface area contributed by atoms with Crippen molar-refractivity contribution in [3.8, 4) is 0 Å². The summed E-state index contributed by atoms with van der Waals surface area (Å²) in [6.45, 7) is 0. The van der Waals surface area contributed by atoms with E-state index in [-0.39, 0.29) is 0 Å². The zero-order chi connectivity index (χ0) is 17.9. The Bertz CT molecular complexity index is 574. The molecule has 0 spiro atoms. The molecule has 6 heteroatoms. The Labute approximate surface area is 140 Å². The van der Waals surface area contributed by atoms with E-state index in [1.165, 1.54) is 0 Å². The van der Waals surface area contributed by atoms with Gasteiger partial charge in [0.15, 0.2) is 0 Å². The minimum Gasteiger partial charge on any atom is -0.480 e. The number of hydrogen-bond donors (Lipinski definition) is 4. The van der Waals surface area contributed by atoms with Gasteiger partial charge in [0.25, 0.3) is 0 Å². The summed E-state index contributed by atoms with van der Waals surface area (Å²) in [5, 5.41) is 17.0. The van der Waals surface area contributed by atoms with E-state index in [1.54, 1.807) is 0 Å². The Hall–Kier alpha value is -2.70. The number of carboxylic acid groups (broad SMARTS) is 2. The fourth-order valence-electron chi connectivity index (χ4n) is 1.91. The number of hydrogen-bond acceptors (Lipinski definition) is 4. The summed E-state index contributed by atoms with van der Waals surface area (Å²) in [4.78, 5) is 20.8. The highest BCUT2D eigenvalue weighted by atomic mass is 16.4. The Morgan fingerprint density at radius 1 is 0.708 bits per heavy atom. The van der Waals surface area contributed by atoms with Crippen LogP contribution in [0, 0.1) is 0 Å². The fourth-order valence-corrected chi connectivity index (χ4v) is 1.91. The van der Waals surface area contributed by atoms with Crippen LogP contribution < -0.4 is 11.5 Å². The number of rotatable bonds is 6. The lowest BCUT2D eigenvalue weighted by Crippen LogP contribution is -2.32. The summed E-state index contributed by atoms with van der Waals surface area (Å²) in [6, 6.07) is 17.1. The summed E-state index contributed by atoms with van der Waals surface area (Å²) in [6.07, 6.45) is 0.770. The van der Waals surface area contributed by atoms with Gasteiger partial charge in [-0.05, 0) is 24.0 Å². The van der Waals surface area contributed by atoms with E-state index in [4.69, 9.17) is 21.7 Å². The second-order valence-electron chi connectivity index (χ2n) is 5.27. The summed E-state index contributed by atoms with van der Waals surface area (Å²) >= 11 is 0. The molecule has 0 bridgehead atoms. The van der Waals surface area contributed by atoms with Crippen molar-refractivity contribution in [3.63, 3.8) is 0 Å². The van der Waals surface area contributed by atoms with Gasteiger partial charge >= 0.3 is 11.9 Å². The normalized spacial score (nSPS) is 12.4. The molecule has 2 rings (SSSR count). The summed E-state index contributed by atoms with van der Waals surface area (Å²) in [7, 11) is 0. The smallest absolute Gasteiger partial charge is 0.320 e. The van der Waals surface area contributed by atoms with Gasteiger partial charge in [-0.15, -0.1) is 0 Å². The molecule has 0 aromatic heterocycles. The van der Waals surface area contributed by atoms with Crippen LogP contribution in [0.1, 0.15) is 11.1 Å². The first-order chi connectivity index (χ1) is 11.4. The lowest BCUT2D eigenvalue weighted by molar-refractivity contribution is -0.139. The van der Waals surface area contributed by atoms with Crippen molar-refractivity contribution in [2.45, 2.75) is 24.9 Å². The van der Waals surface area contributed by atoms with Crippen molar-refractivity contribution < 1.29 is 19.8 Å². The molecule has 0 saturated heterocycles. The van der Waals surface area contributed by atoms with E-state index < -0.39 is 24.0 Å². The Morgan fingerprint density at radius 3 is 1.25 bits per heavy atom. The largest absolute Gasteiger partial charge is 0.480 e. The Balaban J connectivity index is 0.000000240. The maximum Gasteiger partial charge on any atom is 0.320 e. The summed E-state index contributed by atoms with van der Waals surface area (Å²) in [5.74, 6) is -1.92. The number of aliphatic carboxylic acids is 2. The molecule has 2 aromatic rings. The van der Waals surface area contributed by atoms with Crippen LogP contribution in [0.5, 0.6) is 0 Å². The number of nitrogens with two attached hydrogens (primary N) is 2. The van der Waals surface area contributed by atoms with E-state index in [2.05, 4.69) is 0 Å². The number of carbonyl (C=O) groups is 2. The first kappa shape index (κ1) is 19.3. The fraction of sp³-hybridized carbons (Fsp3) is 0.222. The highest BCUT2D eigenvalue weighted by molar-refractivity contribution is 5.73. The van der Waals surface area contributed by atoms with Crippen molar-refractivity contribution >= 4 is 11.9 Å². The highest BCUT2D eigenvalue weighted by Gasteiger charge is 2.11. The van der Waals surface area contributed by atoms with Crippen molar-refractivity contribution in [1.29, 1.82) is 0 Å². The van der Waals surface area contributed by atoms with Crippen LogP contribution >= 0.6 is 0 Å². The summed E-state index contributed by atoms with van der Waals surface area (Å²) < 4.78 is 0. The molecule has 0 fully saturated rings. The van der Waals surface area contributed by atoms with Crippen LogP contribution in [0.3, 0.4) is 0 Å². The van der Waals surface area contributed by atoms with Crippen molar-refractivity contribution in [3.05, 3.63) is 71.8 Å². The van der Waals surface area contributed by atoms with Gasteiger partial charge in [0, 0.05) is 0 Å². The standard InChI is InChI=1S/2C9H11NO2/c2*10-8(9(11)12)6-7-4-2-1-3-5-7/h2*1-5,8H,6,10H2,(H,11,12)/t2*8-/m00/s1. The minimum absolute atomic E-state index is 0.385. The van der Waals surface area contributed by atoms with Gasteiger partial charge in [0.2, 0.25) is 0 Å². The number of carboxylic acids is 2. The monoisotopic (exact) mass is 330 g/mol. The van der Waals surface area contributed by atoms with Crippen LogP contribution in [-0.2, 0) is 22.4 Å². The molecule has 0 amide bonds. The Morgan fingerprint density at radius 2 is 1.00 bits per heavy atom. The van der Waals surface area contributed by atoms with Crippen LogP contribution in [0.25, 0.3) is 0 Å². The first-order valence-corrected chi connectivity index (χ1v) is 7.44. The van der Waals surface area contributed by atoms with Crippen molar-refractivity contribution in [2.24, 2.45) is 11.5 Å². The second-order valence-corrected chi connectivity index (χ2v) is 5.27. The molecule has 2 atom stereocenters. The minimum atomic E-state index is -0.959. The zero-order valence-electron chi connectivity index (χ0n) is 13.2. The van der Waals surface area contributed by atoms with Gasteiger partial charge in [-0.1, -0.05) is 60.7 Å². The third kappa shape index (κ3) is 7.53. The van der Waals surface area contributed by atoms with Crippen molar-refractivity contribution in [2.75, 3.05) is 0 Å². The molecule has 0 heterocycles. The SMILES string of the molecule is N[C@@H](Cc1ccccc1)C(=O)O.N[C@@H](Cc1ccccc1)C(=O)O. The zero-order valence-corrected chi connectivity index (χ0v) is 13.2. The average molecular weight is 330 g/mol. The van der Waals surface area contributed by atoms with Crippen LogP contribution in [0.4, 0.5) is 0 Å². The predicted molar refractivity (Wildman–Crippen MR) is 91.5 cm³/mol. The maximum absolute atomic E-state index is 10.4. The quantitative estimate of drug-likeness (QED) is 0.632. The van der Waals surface area contributed by atoms with E-state index in [9.17, 15) is 9.59 Å². The predicted octanol–water partition coefficient (Wildman–Crippen LogP) is 1.28. The van der Waals surface area contributed by atoms with E-state index in [0.29, 0.717) is 12.8 Å². The van der Waals surface area contributed by atoms with Gasteiger partial charge < -0.3 is 21.7 Å². The average Bonchev–Trinajstić information content (AvgIpc) is 2.57. The number of benzene rings is 2. The second kappa shape index (κ2) is 10.1. The molecule has 6 nitrogen and oxygen atoms in total. The molecule has 0 radical (unpaired) electrons. The highest BCUT2D eigenvalue weighted by Crippen LogP contribution is 2.02. The maximum atomic E-state index is 10.4. The van der Waals surface area contributed by atoms with Gasteiger partial charge in [-0.2, -0.15) is 0 Å². The molecule has 0 aliphatic rings. The molecular weight excluding hydrogens is 308 g/mol. The molecule has 128 valence electrons. The lowest BCUT2D eigenvalue weighted by atomic mass is 10.1. The molecule has 24 heavy (non-hydrogen) atoms. The van der Waals surface area contributed by atoms with Crippen LogP contribution in [0.15, 0.2) is 60.7 Å². The Kier molecular flexibility index (Phi) is 8.18. The first-order valence-electron chi connectivity index (χ1n) is 7.44.